The van der Waals surface area contributed by atoms with Gasteiger partial charge in [0, 0.05) is 11.6 Å². The minimum atomic E-state index is -3.07. The molecule has 2 aliphatic rings. The zero-order valence-corrected chi connectivity index (χ0v) is 10.8. The summed E-state index contributed by atoms with van der Waals surface area (Å²) < 4.78 is 26.3. The molecule has 0 unspecified atom stereocenters. The molecule has 0 saturated heterocycles. The number of hydrogen-bond acceptors (Lipinski definition) is 3. The molecule has 0 aromatic carbocycles. The van der Waals surface area contributed by atoms with Crippen LogP contribution in [0.2, 0.25) is 0 Å². The van der Waals surface area contributed by atoms with Crippen molar-refractivity contribution in [2.45, 2.75) is 57.0 Å². The van der Waals surface area contributed by atoms with Gasteiger partial charge in [-0.1, -0.05) is 0 Å². The van der Waals surface area contributed by atoms with E-state index in [1.165, 1.54) is 12.8 Å². The summed E-state index contributed by atoms with van der Waals surface area (Å²) in [5.74, 6) is 0.252. The summed E-state index contributed by atoms with van der Waals surface area (Å²) in [5, 5.41) is 3.33. The van der Waals surface area contributed by atoms with Gasteiger partial charge in [-0.2, -0.15) is 0 Å². The van der Waals surface area contributed by atoms with Crippen LogP contribution in [0.5, 0.6) is 0 Å². The van der Waals surface area contributed by atoms with Crippen molar-refractivity contribution in [3.63, 3.8) is 0 Å². The molecule has 2 rings (SSSR count). The molecule has 0 amide bonds. The molecule has 2 fully saturated rings. The lowest BCUT2D eigenvalue weighted by Crippen LogP contribution is -2.51. The van der Waals surface area contributed by atoms with E-state index < -0.39 is 10.0 Å². The van der Waals surface area contributed by atoms with Crippen molar-refractivity contribution in [1.29, 1.82) is 0 Å². The average Bonchev–Trinajstić information content (AvgIpc) is 2.93. The van der Waals surface area contributed by atoms with Crippen LogP contribution in [0.4, 0.5) is 0 Å². The Bertz CT molecular complexity index is 332. The highest BCUT2D eigenvalue weighted by Gasteiger charge is 2.35. The molecule has 0 aromatic heterocycles. The molecular weight excluding hydrogens is 224 g/mol. The Labute approximate surface area is 98.2 Å². The van der Waals surface area contributed by atoms with Gasteiger partial charge in [0.25, 0.3) is 0 Å². The minimum absolute atomic E-state index is 0.150. The van der Waals surface area contributed by atoms with Gasteiger partial charge < -0.3 is 5.32 Å². The van der Waals surface area contributed by atoms with Crippen LogP contribution >= 0.6 is 0 Å². The highest BCUT2D eigenvalue weighted by molar-refractivity contribution is 7.89. The summed E-state index contributed by atoms with van der Waals surface area (Å²) in [7, 11) is -3.07. The molecule has 0 atom stereocenters. The van der Waals surface area contributed by atoms with E-state index in [1.807, 2.05) is 6.92 Å². The molecule has 0 heterocycles. The van der Waals surface area contributed by atoms with Crippen molar-refractivity contribution in [1.82, 2.24) is 10.0 Å². The summed E-state index contributed by atoms with van der Waals surface area (Å²) in [6.07, 6.45) is 6.31. The van der Waals surface area contributed by atoms with Crippen LogP contribution in [0.15, 0.2) is 0 Å². The molecule has 5 heteroatoms. The first kappa shape index (κ1) is 12.3. The third-order valence-electron chi connectivity index (χ3n) is 3.46. The zero-order chi connectivity index (χ0) is 11.6. The van der Waals surface area contributed by atoms with E-state index in [0.29, 0.717) is 12.5 Å². The first-order valence-electron chi connectivity index (χ1n) is 6.24. The van der Waals surface area contributed by atoms with E-state index in [-0.39, 0.29) is 11.3 Å². The van der Waals surface area contributed by atoms with Gasteiger partial charge in [0.15, 0.2) is 0 Å². The Morgan fingerprint density at radius 3 is 2.50 bits per heavy atom. The molecule has 16 heavy (non-hydrogen) atoms. The number of rotatable bonds is 7. The maximum Gasteiger partial charge on any atom is 0.212 e. The predicted molar refractivity (Wildman–Crippen MR) is 64.8 cm³/mol. The van der Waals surface area contributed by atoms with Crippen molar-refractivity contribution < 1.29 is 8.42 Å². The van der Waals surface area contributed by atoms with Crippen LogP contribution in [0.25, 0.3) is 0 Å². The smallest absolute Gasteiger partial charge is 0.212 e. The van der Waals surface area contributed by atoms with Crippen molar-refractivity contribution in [3.05, 3.63) is 0 Å². The summed E-state index contributed by atoms with van der Waals surface area (Å²) in [6.45, 7) is 2.82. The molecule has 0 spiro atoms. The average molecular weight is 246 g/mol. The lowest BCUT2D eigenvalue weighted by Gasteiger charge is -2.38. The second kappa shape index (κ2) is 4.63. The van der Waals surface area contributed by atoms with Crippen LogP contribution < -0.4 is 10.0 Å². The standard InChI is InChI=1S/C11H22N2O2S/c1-11(6-2-7-11)13-16(14,15)9-3-8-12-10-4-5-10/h10,12-13H,2-9H2,1H3. The highest BCUT2D eigenvalue weighted by atomic mass is 32.2. The molecule has 4 nitrogen and oxygen atoms in total. The van der Waals surface area contributed by atoms with Gasteiger partial charge in [0.1, 0.15) is 0 Å². The van der Waals surface area contributed by atoms with E-state index in [9.17, 15) is 8.42 Å². The Kier molecular flexibility index (Phi) is 3.56. The van der Waals surface area contributed by atoms with E-state index in [2.05, 4.69) is 10.0 Å². The maximum absolute atomic E-state index is 11.8. The van der Waals surface area contributed by atoms with Crippen molar-refractivity contribution >= 4 is 10.0 Å². The minimum Gasteiger partial charge on any atom is -0.314 e. The lowest BCUT2D eigenvalue weighted by molar-refractivity contribution is 0.248. The normalized spacial score (nSPS) is 24.1. The number of hydrogen-bond donors (Lipinski definition) is 2. The monoisotopic (exact) mass is 246 g/mol. The highest BCUT2D eigenvalue weighted by Crippen LogP contribution is 2.31. The van der Waals surface area contributed by atoms with Gasteiger partial charge in [-0.15, -0.1) is 0 Å². The zero-order valence-electron chi connectivity index (χ0n) is 9.96. The molecule has 0 radical (unpaired) electrons. The largest absolute Gasteiger partial charge is 0.314 e. The molecule has 2 aliphatic carbocycles. The second-order valence-electron chi connectivity index (χ2n) is 5.42. The van der Waals surface area contributed by atoms with Crippen LogP contribution in [-0.2, 0) is 10.0 Å². The van der Waals surface area contributed by atoms with E-state index in [4.69, 9.17) is 0 Å². The fraction of sp³-hybridized carbons (Fsp3) is 1.00. The predicted octanol–water partition coefficient (Wildman–Crippen LogP) is 0.990. The molecule has 0 bridgehead atoms. The van der Waals surface area contributed by atoms with Gasteiger partial charge in [-0.25, -0.2) is 13.1 Å². The molecular formula is C11H22N2O2S. The first-order chi connectivity index (χ1) is 7.49. The van der Waals surface area contributed by atoms with Gasteiger partial charge in [0.2, 0.25) is 10.0 Å². The SMILES string of the molecule is CC1(NS(=O)(=O)CCCNC2CC2)CCC1. The molecule has 0 aromatic rings. The van der Waals surface area contributed by atoms with Crippen molar-refractivity contribution in [3.8, 4) is 0 Å². The molecule has 0 aliphatic heterocycles. The van der Waals surface area contributed by atoms with Crippen molar-refractivity contribution in [2.75, 3.05) is 12.3 Å². The van der Waals surface area contributed by atoms with E-state index in [1.54, 1.807) is 0 Å². The maximum atomic E-state index is 11.8. The molecule has 2 saturated carbocycles. The van der Waals surface area contributed by atoms with Gasteiger partial charge in [0.05, 0.1) is 5.75 Å². The summed E-state index contributed by atoms with van der Waals surface area (Å²) in [4.78, 5) is 0. The van der Waals surface area contributed by atoms with E-state index >= 15 is 0 Å². The third-order valence-corrected chi connectivity index (χ3v) is 5.09. The molecule has 94 valence electrons. The Balaban J connectivity index is 1.65. The topological polar surface area (TPSA) is 58.2 Å². The summed E-state index contributed by atoms with van der Waals surface area (Å²) in [6, 6.07) is 0.666. The van der Waals surface area contributed by atoms with Gasteiger partial charge >= 0.3 is 0 Å². The number of nitrogens with one attached hydrogen (secondary N) is 2. The van der Waals surface area contributed by atoms with E-state index in [0.717, 1.165) is 25.8 Å². The quantitative estimate of drug-likeness (QED) is 0.659. The Morgan fingerprint density at radius 2 is 2.00 bits per heavy atom. The fourth-order valence-corrected chi connectivity index (χ4v) is 3.67. The third kappa shape index (κ3) is 3.71. The Morgan fingerprint density at radius 1 is 1.31 bits per heavy atom. The summed E-state index contributed by atoms with van der Waals surface area (Å²) >= 11 is 0. The number of sulfonamides is 1. The first-order valence-corrected chi connectivity index (χ1v) is 7.89. The van der Waals surface area contributed by atoms with Crippen LogP contribution in [0.3, 0.4) is 0 Å². The van der Waals surface area contributed by atoms with Crippen LogP contribution in [0, 0.1) is 0 Å². The van der Waals surface area contributed by atoms with Crippen molar-refractivity contribution in [2.24, 2.45) is 0 Å². The van der Waals surface area contributed by atoms with Crippen LogP contribution in [0.1, 0.15) is 45.4 Å². The van der Waals surface area contributed by atoms with Gasteiger partial charge in [-0.05, 0) is 52.0 Å². The summed E-state index contributed by atoms with van der Waals surface area (Å²) in [5.41, 5.74) is -0.150. The molecule has 2 N–H and O–H groups in total. The van der Waals surface area contributed by atoms with Crippen LogP contribution in [-0.4, -0.2) is 32.3 Å². The Hall–Kier alpha value is -0.130. The second-order valence-corrected chi connectivity index (χ2v) is 7.26. The lowest BCUT2D eigenvalue weighted by atomic mass is 9.80. The van der Waals surface area contributed by atoms with Gasteiger partial charge in [-0.3, -0.25) is 0 Å². The fourth-order valence-electron chi connectivity index (χ4n) is 2.09.